The molecule has 3 atom stereocenters. The van der Waals surface area contributed by atoms with E-state index in [0.29, 0.717) is 6.54 Å². The molecule has 4 rings (SSSR count). The molecule has 0 saturated heterocycles. The molecule has 24 heavy (non-hydrogen) atoms. The van der Waals surface area contributed by atoms with Crippen molar-refractivity contribution in [2.45, 2.75) is 38.1 Å². The van der Waals surface area contributed by atoms with E-state index in [1.807, 2.05) is 48.5 Å². The van der Waals surface area contributed by atoms with Crippen molar-refractivity contribution in [2.75, 3.05) is 0 Å². The lowest BCUT2D eigenvalue weighted by molar-refractivity contribution is -0.00822. The minimum Gasteiger partial charge on any atom is -0.391 e. The Hall–Kier alpha value is -2.51. The highest BCUT2D eigenvalue weighted by molar-refractivity contribution is 5.61. The number of aliphatic hydroxyl groups is 1. The molecular formula is C17H20N6O. The first-order valence-corrected chi connectivity index (χ1v) is 8.07. The Balaban J connectivity index is 1.45. The summed E-state index contributed by atoms with van der Waals surface area (Å²) in [5, 5.41) is 25.2. The predicted octanol–water partition coefficient (Wildman–Crippen LogP) is 1.44. The Morgan fingerprint density at radius 2 is 2.29 bits per heavy atom. The van der Waals surface area contributed by atoms with Crippen LogP contribution in [-0.2, 0) is 6.54 Å². The summed E-state index contributed by atoms with van der Waals surface area (Å²) in [5.41, 5.74) is 4.17. The second-order valence-electron chi connectivity index (χ2n) is 6.29. The van der Waals surface area contributed by atoms with Crippen molar-refractivity contribution in [3.63, 3.8) is 0 Å². The Morgan fingerprint density at radius 3 is 3.00 bits per heavy atom. The summed E-state index contributed by atoms with van der Waals surface area (Å²) in [5.74, 6) is 0. The quantitative estimate of drug-likeness (QED) is 0.660. The van der Waals surface area contributed by atoms with E-state index in [-0.39, 0.29) is 18.2 Å². The highest BCUT2D eigenvalue weighted by atomic mass is 16.3. The fourth-order valence-corrected chi connectivity index (χ4v) is 3.22. The van der Waals surface area contributed by atoms with Gasteiger partial charge in [-0.25, -0.2) is 0 Å². The summed E-state index contributed by atoms with van der Waals surface area (Å²) in [6.45, 7) is 2.68. The molecule has 7 nitrogen and oxygen atoms in total. The molecule has 1 aliphatic carbocycles. The van der Waals surface area contributed by atoms with Gasteiger partial charge < -0.3 is 10.4 Å². The Bertz CT molecular complexity index is 811. The van der Waals surface area contributed by atoms with E-state index in [9.17, 15) is 5.11 Å². The SMILES string of the molecule is Cc1cnn([C@H]2[C@H](O)C[C@@H]2NCc2cn[nH]c2-c2cccnc2)c1. The Labute approximate surface area is 139 Å². The lowest BCUT2D eigenvalue weighted by atomic mass is 9.83. The molecule has 1 saturated carbocycles. The summed E-state index contributed by atoms with van der Waals surface area (Å²) in [7, 11) is 0. The molecule has 3 N–H and O–H groups in total. The van der Waals surface area contributed by atoms with Crippen LogP contribution in [0.25, 0.3) is 11.3 Å². The molecule has 3 aromatic heterocycles. The maximum atomic E-state index is 10.1. The average molecular weight is 324 g/mol. The first kappa shape index (κ1) is 15.0. The van der Waals surface area contributed by atoms with Gasteiger partial charge in [0, 0.05) is 42.3 Å². The number of hydrogen-bond acceptors (Lipinski definition) is 5. The van der Waals surface area contributed by atoms with Crippen LogP contribution in [0.3, 0.4) is 0 Å². The van der Waals surface area contributed by atoms with Gasteiger partial charge in [-0.1, -0.05) is 0 Å². The van der Waals surface area contributed by atoms with Crippen LogP contribution in [-0.4, -0.2) is 42.2 Å². The number of hydrogen-bond donors (Lipinski definition) is 3. The number of aromatic nitrogens is 5. The van der Waals surface area contributed by atoms with Gasteiger partial charge in [0.25, 0.3) is 0 Å². The molecular weight excluding hydrogens is 304 g/mol. The van der Waals surface area contributed by atoms with Crippen molar-refractivity contribution in [2.24, 2.45) is 0 Å². The molecule has 3 heterocycles. The van der Waals surface area contributed by atoms with Crippen LogP contribution >= 0.6 is 0 Å². The predicted molar refractivity (Wildman–Crippen MR) is 89.1 cm³/mol. The molecule has 0 aromatic carbocycles. The Kier molecular flexibility index (Phi) is 3.87. The van der Waals surface area contributed by atoms with Crippen LogP contribution in [0.4, 0.5) is 0 Å². The monoisotopic (exact) mass is 324 g/mol. The lowest BCUT2D eigenvalue weighted by Crippen LogP contribution is -2.54. The summed E-state index contributed by atoms with van der Waals surface area (Å²) >= 11 is 0. The zero-order valence-corrected chi connectivity index (χ0v) is 13.4. The number of H-pyrrole nitrogens is 1. The van der Waals surface area contributed by atoms with Crippen molar-refractivity contribution in [3.8, 4) is 11.3 Å². The maximum Gasteiger partial charge on any atom is 0.0932 e. The number of aryl methyl sites for hydroxylation is 1. The average Bonchev–Trinajstić information content (AvgIpc) is 3.21. The van der Waals surface area contributed by atoms with E-state index < -0.39 is 0 Å². The van der Waals surface area contributed by atoms with E-state index >= 15 is 0 Å². The van der Waals surface area contributed by atoms with Crippen molar-refractivity contribution in [1.29, 1.82) is 0 Å². The summed E-state index contributed by atoms with van der Waals surface area (Å²) < 4.78 is 1.86. The first-order valence-electron chi connectivity index (χ1n) is 8.07. The molecule has 0 radical (unpaired) electrons. The van der Waals surface area contributed by atoms with Crippen LogP contribution in [0.2, 0.25) is 0 Å². The number of pyridine rings is 1. The van der Waals surface area contributed by atoms with Gasteiger partial charge in [0.2, 0.25) is 0 Å². The third kappa shape index (κ3) is 2.72. The highest BCUT2D eigenvalue weighted by Gasteiger charge is 2.41. The molecule has 1 fully saturated rings. The number of nitrogens with zero attached hydrogens (tertiary/aromatic N) is 4. The van der Waals surface area contributed by atoms with Crippen molar-refractivity contribution in [3.05, 3.63) is 54.2 Å². The molecule has 1 aliphatic rings. The minimum absolute atomic E-state index is 0.0209. The lowest BCUT2D eigenvalue weighted by Gasteiger charge is -2.42. The molecule has 3 aromatic rings. The first-order chi connectivity index (χ1) is 11.7. The van der Waals surface area contributed by atoms with Gasteiger partial charge in [-0.3, -0.25) is 14.8 Å². The fourth-order valence-electron chi connectivity index (χ4n) is 3.22. The second-order valence-corrected chi connectivity index (χ2v) is 6.29. The molecule has 124 valence electrons. The van der Waals surface area contributed by atoms with Crippen LogP contribution in [0.15, 0.2) is 43.1 Å². The van der Waals surface area contributed by atoms with Crippen LogP contribution < -0.4 is 5.32 Å². The highest BCUT2D eigenvalue weighted by Crippen LogP contribution is 2.33. The van der Waals surface area contributed by atoms with Crippen LogP contribution in [0.1, 0.15) is 23.6 Å². The standard InChI is InChI=1S/C17H20N6O/c1-11-6-21-23(10-11)17-14(5-15(17)24)19-8-13-9-20-22-16(13)12-3-2-4-18-7-12/h2-4,6-7,9-10,14-15,17,19,24H,5,8H2,1H3,(H,20,22)/t14-,15+,17+/m0/s1. The molecule has 0 unspecified atom stereocenters. The van der Waals surface area contributed by atoms with Gasteiger partial charge in [0.1, 0.15) is 0 Å². The van der Waals surface area contributed by atoms with E-state index in [0.717, 1.165) is 28.8 Å². The van der Waals surface area contributed by atoms with E-state index in [1.54, 1.807) is 6.20 Å². The van der Waals surface area contributed by atoms with E-state index in [1.165, 1.54) is 0 Å². The molecule has 0 amide bonds. The maximum absolute atomic E-state index is 10.1. The number of rotatable bonds is 5. The van der Waals surface area contributed by atoms with Gasteiger partial charge in [0.05, 0.1) is 30.2 Å². The van der Waals surface area contributed by atoms with Crippen LogP contribution in [0, 0.1) is 6.92 Å². The Morgan fingerprint density at radius 1 is 1.38 bits per heavy atom. The zero-order chi connectivity index (χ0) is 16.5. The normalized spacial score (nSPS) is 23.2. The van der Waals surface area contributed by atoms with E-state index in [2.05, 4.69) is 25.6 Å². The van der Waals surface area contributed by atoms with Crippen molar-refractivity contribution < 1.29 is 5.11 Å². The molecule has 7 heteroatoms. The second kappa shape index (κ2) is 6.18. The summed E-state index contributed by atoms with van der Waals surface area (Å²) in [6.07, 6.45) is 9.56. The zero-order valence-electron chi connectivity index (χ0n) is 13.4. The van der Waals surface area contributed by atoms with Crippen LogP contribution in [0.5, 0.6) is 0 Å². The third-order valence-corrected chi connectivity index (χ3v) is 4.56. The van der Waals surface area contributed by atoms with Gasteiger partial charge in [-0.15, -0.1) is 0 Å². The smallest absolute Gasteiger partial charge is 0.0932 e. The van der Waals surface area contributed by atoms with Gasteiger partial charge >= 0.3 is 0 Å². The van der Waals surface area contributed by atoms with Gasteiger partial charge in [0.15, 0.2) is 0 Å². The van der Waals surface area contributed by atoms with Crippen molar-refractivity contribution >= 4 is 0 Å². The topological polar surface area (TPSA) is 91.6 Å². The van der Waals surface area contributed by atoms with Gasteiger partial charge in [-0.2, -0.15) is 10.2 Å². The fraction of sp³-hybridized carbons (Fsp3) is 0.353. The summed E-state index contributed by atoms with van der Waals surface area (Å²) in [4.78, 5) is 4.16. The number of nitrogens with one attached hydrogen (secondary N) is 2. The number of aromatic amines is 1. The summed E-state index contributed by atoms with van der Waals surface area (Å²) in [6, 6.07) is 4.08. The van der Waals surface area contributed by atoms with E-state index in [4.69, 9.17) is 0 Å². The minimum atomic E-state index is -0.357. The van der Waals surface area contributed by atoms with Crippen molar-refractivity contribution in [1.82, 2.24) is 30.3 Å². The molecule has 0 aliphatic heterocycles. The third-order valence-electron chi connectivity index (χ3n) is 4.56. The largest absolute Gasteiger partial charge is 0.391 e. The molecule has 0 bridgehead atoms. The van der Waals surface area contributed by atoms with Gasteiger partial charge in [-0.05, 0) is 31.0 Å². The number of aliphatic hydroxyl groups excluding tert-OH is 1. The molecule has 0 spiro atoms.